The fourth-order valence-corrected chi connectivity index (χ4v) is 3.37. The maximum absolute atomic E-state index is 13.8. The molecule has 0 spiro atoms. The van der Waals surface area contributed by atoms with Crippen molar-refractivity contribution in [3.05, 3.63) is 95.4 Å². The molecule has 0 aliphatic carbocycles. The van der Waals surface area contributed by atoms with Crippen molar-refractivity contribution in [2.45, 2.75) is 6.92 Å². The molecule has 3 amide bonds. The van der Waals surface area contributed by atoms with Crippen molar-refractivity contribution in [2.75, 3.05) is 15.5 Å². The van der Waals surface area contributed by atoms with Crippen LogP contribution in [-0.4, -0.2) is 17.7 Å². The number of hydrogen-bond donors (Lipinski definition) is 2. The highest BCUT2D eigenvalue weighted by Gasteiger charge is 2.40. The van der Waals surface area contributed by atoms with E-state index in [9.17, 15) is 27.6 Å². The molecule has 0 radical (unpaired) electrons. The Balaban J connectivity index is 1.75. The number of benzene rings is 3. The van der Waals surface area contributed by atoms with Gasteiger partial charge in [0.1, 0.15) is 11.5 Å². The number of carbonyl (C=O) groups is 3. The highest BCUT2D eigenvalue weighted by molar-refractivity contribution is 6.46. The van der Waals surface area contributed by atoms with Gasteiger partial charge in [0.2, 0.25) is 5.91 Å². The predicted molar refractivity (Wildman–Crippen MR) is 117 cm³/mol. The Morgan fingerprint density at radius 1 is 0.788 bits per heavy atom. The van der Waals surface area contributed by atoms with Gasteiger partial charge < -0.3 is 10.6 Å². The van der Waals surface area contributed by atoms with Gasteiger partial charge in [-0.25, -0.2) is 18.1 Å². The van der Waals surface area contributed by atoms with Crippen LogP contribution >= 0.6 is 0 Å². The van der Waals surface area contributed by atoms with Crippen molar-refractivity contribution in [2.24, 2.45) is 0 Å². The largest absolute Gasteiger partial charge is 0.350 e. The Kier molecular flexibility index (Phi) is 5.70. The second-order valence-corrected chi connectivity index (χ2v) is 7.18. The van der Waals surface area contributed by atoms with Crippen LogP contribution in [0, 0.1) is 17.5 Å². The fraction of sp³-hybridized carbons (Fsp3) is 0.0417. The summed E-state index contributed by atoms with van der Waals surface area (Å²) >= 11 is 0. The summed E-state index contributed by atoms with van der Waals surface area (Å²) in [5.74, 6) is -4.70. The molecular formula is C24H16F3N3O3. The first kappa shape index (κ1) is 21.8. The van der Waals surface area contributed by atoms with E-state index in [0.717, 1.165) is 35.2 Å². The van der Waals surface area contributed by atoms with Gasteiger partial charge in [-0.2, -0.15) is 0 Å². The highest BCUT2D eigenvalue weighted by Crippen LogP contribution is 2.34. The smallest absolute Gasteiger partial charge is 0.282 e. The first-order valence-corrected chi connectivity index (χ1v) is 9.73. The molecule has 0 bridgehead atoms. The van der Waals surface area contributed by atoms with Crippen LogP contribution in [0.5, 0.6) is 0 Å². The summed E-state index contributed by atoms with van der Waals surface area (Å²) in [7, 11) is 0. The lowest BCUT2D eigenvalue weighted by Crippen LogP contribution is -2.32. The minimum absolute atomic E-state index is 0.0596. The molecule has 0 atom stereocenters. The van der Waals surface area contributed by atoms with E-state index in [2.05, 4.69) is 10.6 Å². The molecule has 1 heterocycles. The third kappa shape index (κ3) is 4.33. The van der Waals surface area contributed by atoms with Crippen molar-refractivity contribution in [1.29, 1.82) is 0 Å². The summed E-state index contributed by atoms with van der Waals surface area (Å²) in [4.78, 5) is 38.4. The monoisotopic (exact) mass is 451 g/mol. The van der Waals surface area contributed by atoms with Gasteiger partial charge in [0.15, 0.2) is 11.6 Å². The number of hydrogen-bond acceptors (Lipinski definition) is 4. The third-order valence-corrected chi connectivity index (χ3v) is 4.85. The third-order valence-electron chi connectivity index (χ3n) is 4.85. The van der Waals surface area contributed by atoms with E-state index in [1.807, 2.05) is 0 Å². The number of nitrogens with zero attached hydrogens (tertiary/aromatic N) is 1. The predicted octanol–water partition coefficient (Wildman–Crippen LogP) is 4.46. The summed E-state index contributed by atoms with van der Waals surface area (Å²) in [6.45, 7) is 1.36. The Labute approximate surface area is 186 Å². The summed E-state index contributed by atoms with van der Waals surface area (Å²) in [5.41, 5.74) is 0.878. The molecule has 0 aromatic heterocycles. The van der Waals surface area contributed by atoms with Crippen LogP contribution in [0.15, 0.2) is 72.4 Å². The minimum Gasteiger partial charge on any atom is -0.350 e. The maximum atomic E-state index is 13.8. The van der Waals surface area contributed by atoms with Gasteiger partial charge in [-0.1, -0.05) is 12.1 Å². The average Bonchev–Trinajstić information content (AvgIpc) is 3.01. The summed E-state index contributed by atoms with van der Waals surface area (Å²) < 4.78 is 40.6. The van der Waals surface area contributed by atoms with Crippen molar-refractivity contribution >= 4 is 40.4 Å². The molecule has 0 unspecified atom stereocenters. The van der Waals surface area contributed by atoms with Crippen LogP contribution < -0.4 is 15.5 Å². The average molecular weight is 451 g/mol. The molecule has 166 valence electrons. The van der Waals surface area contributed by atoms with Gasteiger partial charge in [0.05, 0.1) is 11.3 Å². The van der Waals surface area contributed by atoms with Crippen LogP contribution in [-0.2, 0) is 14.4 Å². The van der Waals surface area contributed by atoms with E-state index in [0.29, 0.717) is 11.4 Å². The molecule has 0 fully saturated rings. The van der Waals surface area contributed by atoms with Gasteiger partial charge in [0.25, 0.3) is 11.8 Å². The zero-order chi connectivity index (χ0) is 23.7. The fourth-order valence-electron chi connectivity index (χ4n) is 3.37. The molecule has 1 aliphatic rings. The molecular weight excluding hydrogens is 435 g/mol. The number of halogens is 3. The lowest BCUT2D eigenvalue weighted by atomic mass is 10.0. The molecule has 4 rings (SSSR count). The van der Waals surface area contributed by atoms with E-state index in [1.165, 1.54) is 19.1 Å². The molecule has 9 heteroatoms. The Hall–Kier alpha value is -4.40. The normalized spacial score (nSPS) is 13.5. The molecule has 33 heavy (non-hydrogen) atoms. The van der Waals surface area contributed by atoms with Crippen molar-refractivity contribution in [1.82, 2.24) is 0 Å². The quantitative estimate of drug-likeness (QED) is 0.562. The van der Waals surface area contributed by atoms with E-state index < -0.39 is 29.3 Å². The Morgan fingerprint density at radius 2 is 1.42 bits per heavy atom. The highest BCUT2D eigenvalue weighted by atomic mass is 19.2. The van der Waals surface area contributed by atoms with E-state index in [-0.39, 0.29) is 28.4 Å². The van der Waals surface area contributed by atoms with Crippen LogP contribution in [0.3, 0.4) is 0 Å². The molecule has 3 aromatic rings. The summed E-state index contributed by atoms with van der Waals surface area (Å²) in [5, 5.41) is 5.49. The van der Waals surface area contributed by atoms with Crippen molar-refractivity contribution in [3.63, 3.8) is 0 Å². The molecule has 3 aromatic carbocycles. The maximum Gasteiger partial charge on any atom is 0.282 e. The van der Waals surface area contributed by atoms with Crippen molar-refractivity contribution in [3.8, 4) is 0 Å². The number of carbonyl (C=O) groups excluding carboxylic acids is 3. The van der Waals surface area contributed by atoms with Crippen LogP contribution in [0.2, 0.25) is 0 Å². The molecule has 0 saturated carbocycles. The number of rotatable bonds is 5. The van der Waals surface area contributed by atoms with Gasteiger partial charge in [-0.3, -0.25) is 14.4 Å². The number of amides is 3. The number of imide groups is 1. The Bertz CT molecular complexity index is 1300. The van der Waals surface area contributed by atoms with Gasteiger partial charge >= 0.3 is 0 Å². The van der Waals surface area contributed by atoms with Gasteiger partial charge in [0, 0.05) is 24.4 Å². The van der Waals surface area contributed by atoms with E-state index >= 15 is 0 Å². The molecule has 2 N–H and O–H groups in total. The standard InChI is InChI=1S/C24H16F3N3O3/c1-13(31)28-16-6-8-17(9-7-16)29-22-21(14-2-4-15(25)5-3-14)23(32)30(24(22)33)18-10-11-19(26)20(27)12-18/h2-12,29H,1H3,(H,28,31). The van der Waals surface area contributed by atoms with E-state index in [4.69, 9.17) is 0 Å². The lowest BCUT2D eigenvalue weighted by molar-refractivity contribution is -0.120. The second kappa shape index (κ2) is 8.62. The zero-order valence-electron chi connectivity index (χ0n) is 17.2. The van der Waals surface area contributed by atoms with Gasteiger partial charge in [-0.05, 0) is 54.1 Å². The van der Waals surface area contributed by atoms with Crippen molar-refractivity contribution < 1.29 is 27.6 Å². The Morgan fingerprint density at radius 3 is 2.03 bits per heavy atom. The second-order valence-electron chi connectivity index (χ2n) is 7.18. The number of nitrogens with one attached hydrogen (secondary N) is 2. The van der Waals surface area contributed by atoms with Crippen LogP contribution in [0.4, 0.5) is 30.2 Å². The molecule has 0 saturated heterocycles. The number of anilines is 3. The topological polar surface area (TPSA) is 78.5 Å². The summed E-state index contributed by atoms with van der Waals surface area (Å²) in [6, 6.07) is 14.0. The minimum atomic E-state index is -1.22. The van der Waals surface area contributed by atoms with E-state index in [1.54, 1.807) is 24.3 Å². The zero-order valence-corrected chi connectivity index (χ0v) is 17.2. The van der Waals surface area contributed by atoms with Crippen LogP contribution in [0.1, 0.15) is 12.5 Å². The van der Waals surface area contributed by atoms with Gasteiger partial charge in [-0.15, -0.1) is 0 Å². The first-order valence-electron chi connectivity index (χ1n) is 9.73. The summed E-state index contributed by atoms with van der Waals surface area (Å²) in [6.07, 6.45) is 0. The van der Waals surface area contributed by atoms with Crippen LogP contribution in [0.25, 0.3) is 5.57 Å². The molecule has 6 nitrogen and oxygen atoms in total. The SMILES string of the molecule is CC(=O)Nc1ccc(NC2=C(c3ccc(F)cc3)C(=O)N(c3ccc(F)c(F)c3)C2=O)cc1. The molecule has 1 aliphatic heterocycles. The first-order chi connectivity index (χ1) is 15.7. The lowest BCUT2D eigenvalue weighted by Gasteiger charge is -2.15.